The molecule has 7 nitrogen and oxygen atoms in total. The van der Waals surface area contributed by atoms with Crippen LogP contribution in [-0.2, 0) is 17.9 Å². The maximum atomic E-state index is 12.6. The first-order valence-corrected chi connectivity index (χ1v) is 12.1. The van der Waals surface area contributed by atoms with Crippen molar-refractivity contribution in [3.05, 3.63) is 89.5 Å². The van der Waals surface area contributed by atoms with Crippen LogP contribution in [0, 0.1) is 5.92 Å². The highest BCUT2D eigenvalue weighted by Gasteiger charge is 2.37. The molecule has 3 aromatic carbocycles. The molecular weight excluding hydrogens is 456 g/mol. The van der Waals surface area contributed by atoms with Gasteiger partial charge in [0.1, 0.15) is 12.4 Å². The molecule has 36 heavy (non-hydrogen) atoms. The van der Waals surface area contributed by atoms with E-state index in [1.165, 1.54) is 0 Å². The summed E-state index contributed by atoms with van der Waals surface area (Å²) in [6.07, 6.45) is -0.428. The molecule has 0 spiro atoms. The molecule has 1 fully saturated rings. The quantitative estimate of drug-likeness (QED) is 0.451. The van der Waals surface area contributed by atoms with Gasteiger partial charge >= 0.3 is 6.09 Å². The lowest BCUT2D eigenvalue weighted by Gasteiger charge is -2.37. The van der Waals surface area contributed by atoms with Crippen LogP contribution in [0.25, 0.3) is 0 Å². The molecule has 2 amide bonds. The van der Waals surface area contributed by atoms with Crippen molar-refractivity contribution >= 4 is 12.0 Å². The molecule has 3 aromatic rings. The Labute approximate surface area is 212 Å². The van der Waals surface area contributed by atoms with Gasteiger partial charge in [-0.05, 0) is 40.8 Å². The molecule has 7 heteroatoms. The van der Waals surface area contributed by atoms with E-state index in [0.29, 0.717) is 43.5 Å². The Hall–Kier alpha value is -4.00. The largest absolute Gasteiger partial charge is 0.493 e. The summed E-state index contributed by atoms with van der Waals surface area (Å²) in [4.78, 5) is 26.7. The number of hydrogen-bond donors (Lipinski definition) is 1. The highest BCUT2D eigenvalue weighted by Crippen LogP contribution is 2.30. The molecule has 1 heterocycles. The van der Waals surface area contributed by atoms with Crippen LogP contribution in [0.4, 0.5) is 4.79 Å². The number of carbonyl (C=O) groups is 2. The van der Waals surface area contributed by atoms with Gasteiger partial charge in [0.25, 0.3) is 0 Å². The predicted molar refractivity (Wildman–Crippen MR) is 137 cm³/mol. The van der Waals surface area contributed by atoms with E-state index in [1.54, 1.807) is 18.1 Å². The van der Waals surface area contributed by atoms with Gasteiger partial charge in [-0.2, -0.15) is 0 Å². The van der Waals surface area contributed by atoms with E-state index < -0.39 is 6.09 Å². The van der Waals surface area contributed by atoms with E-state index in [1.807, 2.05) is 66.7 Å². The van der Waals surface area contributed by atoms with Crippen molar-refractivity contribution in [1.29, 1.82) is 0 Å². The molecule has 4 rings (SSSR count). The number of likely N-dealkylation sites (tertiary alicyclic amines) is 1. The normalized spacial score (nSPS) is 13.2. The second kappa shape index (κ2) is 11.6. The number of benzene rings is 3. The number of ether oxygens (including phenoxy) is 3. The third kappa shape index (κ3) is 6.16. The maximum Gasteiger partial charge on any atom is 0.415 e. The number of carbonyl (C=O) groups excluding carboxylic acids is 2. The fourth-order valence-corrected chi connectivity index (χ4v) is 4.01. The second-order valence-corrected chi connectivity index (χ2v) is 9.14. The summed E-state index contributed by atoms with van der Waals surface area (Å²) < 4.78 is 17.0. The molecule has 0 bridgehead atoms. The molecule has 0 unspecified atom stereocenters. The number of nitrogens with one attached hydrogen (secondary N) is 1. The number of methoxy groups -OCH3 is 1. The van der Waals surface area contributed by atoms with E-state index in [0.717, 1.165) is 16.7 Å². The lowest BCUT2D eigenvalue weighted by atomic mass is 9.99. The van der Waals surface area contributed by atoms with Gasteiger partial charge in [0.15, 0.2) is 11.5 Å². The van der Waals surface area contributed by atoms with Gasteiger partial charge in [0.05, 0.1) is 13.0 Å². The lowest BCUT2D eigenvalue weighted by Crippen LogP contribution is -2.56. The van der Waals surface area contributed by atoms with Crippen molar-refractivity contribution in [1.82, 2.24) is 10.2 Å². The Kier molecular flexibility index (Phi) is 8.10. The third-order valence-electron chi connectivity index (χ3n) is 6.18. The first-order chi connectivity index (χ1) is 17.4. The van der Waals surface area contributed by atoms with E-state index in [9.17, 15) is 9.59 Å². The summed E-state index contributed by atoms with van der Waals surface area (Å²) in [6, 6.07) is 23.0. The fourth-order valence-electron chi connectivity index (χ4n) is 4.01. The van der Waals surface area contributed by atoms with Crippen molar-refractivity contribution < 1.29 is 23.8 Å². The summed E-state index contributed by atoms with van der Waals surface area (Å²) in [5.41, 5.74) is 2.94. The third-order valence-corrected chi connectivity index (χ3v) is 6.18. The topological polar surface area (TPSA) is 77.1 Å². The molecule has 188 valence electrons. The van der Waals surface area contributed by atoms with Gasteiger partial charge in [-0.15, -0.1) is 0 Å². The minimum absolute atomic E-state index is 0.0926. The summed E-state index contributed by atoms with van der Waals surface area (Å²) in [5, 5.41) is 2.95. The zero-order valence-electron chi connectivity index (χ0n) is 20.9. The van der Waals surface area contributed by atoms with E-state index >= 15 is 0 Å². The minimum Gasteiger partial charge on any atom is -0.493 e. The highest BCUT2D eigenvalue weighted by atomic mass is 16.6. The molecule has 1 aliphatic heterocycles. The van der Waals surface area contributed by atoms with Crippen LogP contribution in [0.15, 0.2) is 72.8 Å². The Morgan fingerprint density at radius 1 is 0.917 bits per heavy atom. The van der Waals surface area contributed by atoms with Crippen LogP contribution >= 0.6 is 0 Å². The van der Waals surface area contributed by atoms with Crippen LogP contribution in [0.2, 0.25) is 0 Å². The van der Waals surface area contributed by atoms with Gasteiger partial charge in [0, 0.05) is 19.6 Å². The first-order valence-electron chi connectivity index (χ1n) is 12.1. The van der Waals surface area contributed by atoms with Crippen LogP contribution in [0.3, 0.4) is 0 Å². The Morgan fingerprint density at radius 2 is 1.64 bits per heavy atom. The summed E-state index contributed by atoms with van der Waals surface area (Å²) in [7, 11) is 1.59. The SMILES string of the molecule is COc1cc(CNC(=O)C2CN(C(=O)Oc3ccccc3C(C)C)C2)ccc1OCc1ccccc1. The number of nitrogens with zero attached hydrogens (tertiary/aromatic N) is 1. The van der Waals surface area contributed by atoms with Crippen molar-refractivity contribution in [3.63, 3.8) is 0 Å². The number of para-hydroxylation sites is 1. The van der Waals surface area contributed by atoms with Crippen LogP contribution in [0.1, 0.15) is 36.5 Å². The average Bonchev–Trinajstić information content (AvgIpc) is 2.86. The Bertz CT molecular complexity index is 1190. The Balaban J connectivity index is 1.24. The van der Waals surface area contributed by atoms with Crippen LogP contribution in [-0.4, -0.2) is 37.1 Å². The maximum absolute atomic E-state index is 12.6. The van der Waals surface area contributed by atoms with Crippen molar-refractivity contribution in [2.75, 3.05) is 20.2 Å². The molecule has 0 radical (unpaired) electrons. The van der Waals surface area contributed by atoms with E-state index in [2.05, 4.69) is 19.2 Å². The van der Waals surface area contributed by atoms with Gasteiger partial charge in [-0.3, -0.25) is 4.79 Å². The standard InChI is InChI=1S/C29H32N2O5/c1-20(2)24-11-7-8-12-25(24)36-29(33)31-17-23(18-31)28(32)30-16-22-13-14-26(27(15-22)34-3)35-19-21-9-5-4-6-10-21/h4-15,20,23H,16-19H2,1-3H3,(H,30,32). The number of hydrogen-bond acceptors (Lipinski definition) is 5. The zero-order chi connectivity index (χ0) is 25.5. The van der Waals surface area contributed by atoms with Crippen molar-refractivity contribution in [3.8, 4) is 17.2 Å². The highest BCUT2D eigenvalue weighted by molar-refractivity contribution is 5.83. The second-order valence-electron chi connectivity index (χ2n) is 9.14. The van der Waals surface area contributed by atoms with Gasteiger partial charge in [0.2, 0.25) is 5.91 Å². The lowest BCUT2D eigenvalue weighted by molar-refractivity contribution is -0.129. The zero-order valence-corrected chi connectivity index (χ0v) is 20.9. The first kappa shape index (κ1) is 25.1. The molecule has 0 saturated carbocycles. The molecule has 0 aromatic heterocycles. The average molecular weight is 489 g/mol. The summed E-state index contributed by atoms with van der Waals surface area (Å²) in [5.74, 6) is 1.71. The van der Waals surface area contributed by atoms with E-state index in [-0.39, 0.29) is 17.7 Å². The molecule has 0 atom stereocenters. The summed E-state index contributed by atoms with van der Waals surface area (Å²) in [6.45, 7) is 5.58. The van der Waals surface area contributed by atoms with Gasteiger partial charge < -0.3 is 24.4 Å². The smallest absolute Gasteiger partial charge is 0.415 e. The van der Waals surface area contributed by atoms with Crippen molar-refractivity contribution in [2.24, 2.45) is 5.92 Å². The number of amides is 2. The summed E-state index contributed by atoms with van der Waals surface area (Å²) >= 11 is 0. The molecular formula is C29H32N2O5. The van der Waals surface area contributed by atoms with Crippen LogP contribution in [0.5, 0.6) is 17.2 Å². The fraction of sp³-hybridized carbons (Fsp3) is 0.310. The van der Waals surface area contributed by atoms with E-state index in [4.69, 9.17) is 14.2 Å². The van der Waals surface area contributed by atoms with Crippen LogP contribution < -0.4 is 19.5 Å². The molecule has 1 N–H and O–H groups in total. The van der Waals surface area contributed by atoms with Crippen molar-refractivity contribution in [2.45, 2.75) is 32.9 Å². The monoisotopic (exact) mass is 488 g/mol. The molecule has 0 aliphatic carbocycles. The minimum atomic E-state index is -0.428. The Morgan fingerprint density at radius 3 is 2.36 bits per heavy atom. The number of rotatable bonds is 9. The molecule has 1 saturated heterocycles. The predicted octanol–water partition coefficient (Wildman–Crippen LogP) is 5.14. The van der Waals surface area contributed by atoms with Gasteiger partial charge in [-0.25, -0.2) is 4.79 Å². The van der Waals surface area contributed by atoms with Gasteiger partial charge in [-0.1, -0.05) is 68.4 Å². The molecule has 1 aliphatic rings.